The average molecular weight is 291 g/mol. The lowest BCUT2D eigenvalue weighted by molar-refractivity contribution is 0.246. The quantitative estimate of drug-likeness (QED) is 0.802. The lowest BCUT2D eigenvalue weighted by atomic mass is 9.98. The third kappa shape index (κ3) is 4.70. The van der Waals surface area contributed by atoms with Crippen molar-refractivity contribution in [1.29, 1.82) is 0 Å². The van der Waals surface area contributed by atoms with Gasteiger partial charge in [0.15, 0.2) is 0 Å². The van der Waals surface area contributed by atoms with Gasteiger partial charge in [-0.15, -0.1) is 0 Å². The van der Waals surface area contributed by atoms with Crippen LogP contribution in [0.1, 0.15) is 40.5 Å². The van der Waals surface area contributed by atoms with Crippen LogP contribution in [0.2, 0.25) is 0 Å². The van der Waals surface area contributed by atoms with Crippen molar-refractivity contribution in [3.05, 3.63) is 0 Å². The summed E-state index contributed by atoms with van der Waals surface area (Å²) in [5.41, 5.74) is 0. The largest absolute Gasteiger partial charge is 0.314 e. The van der Waals surface area contributed by atoms with Crippen molar-refractivity contribution in [2.24, 2.45) is 5.92 Å². The van der Waals surface area contributed by atoms with E-state index in [1.54, 1.807) is 11.4 Å². The zero-order chi connectivity index (χ0) is 14.6. The minimum absolute atomic E-state index is 0.00494. The zero-order valence-electron chi connectivity index (χ0n) is 12.9. The van der Waals surface area contributed by atoms with Gasteiger partial charge in [0.25, 0.3) is 10.2 Å². The molecule has 19 heavy (non-hydrogen) atoms. The molecule has 0 aliphatic carbocycles. The van der Waals surface area contributed by atoms with Gasteiger partial charge in [-0.05, 0) is 39.2 Å². The number of nitrogens with one attached hydrogen (secondary N) is 1. The highest BCUT2D eigenvalue weighted by Crippen LogP contribution is 2.21. The summed E-state index contributed by atoms with van der Waals surface area (Å²) in [6.07, 6.45) is 1.90. The Morgan fingerprint density at radius 2 is 1.74 bits per heavy atom. The van der Waals surface area contributed by atoms with Crippen molar-refractivity contribution in [1.82, 2.24) is 13.9 Å². The van der Waals surface area contributed by atoms with Crippen molar-refractivity contribution in [3.8, 4) is 0 Å². The summed E-state index contributed by atoms with van der Waals surface area (Å²) in [6, 6.07) is 0.499. The molecule has 1 aliphatic heterocycles. The monoisotopic (exact) mass is 291 g/mol. The summed E-state index contributed by atoms with van der Waals surface area (Å²) in [4.78, 5) is 0. The van der Waals surface area contributed by atoms with Crippen LogP contribution in [0.15, 0.2) is 0 Å². The topological polar surface area (TPSA) is 52.7 Å². The van der Waals surface area contributed by atoms with E-state index >= 15 is 0 Å². The summed E-state index contributed by atoms with van der Waals surface area (Å²) >= 11 is 0. The number of hydrogen-bond donors (Lipinski definition) is 1. The normalized spacial score (nSPS) is 19.8. The molecule has 0 atom stereocenters. The second-order valence-corrected chi connectivity index (χ2v) is 8.01. The van der Waals surface area contributed by atoms with E-state index in [4.69, 9.17) is 0 Å². The third-order valence-corrected chi connectivity index (χ3v) is 5.97. The molecule has 1 saturated heterocycles. The van der Waals surface area contributed by atoms with Gasteiger partial charge in [0, 0.05) is 32.2 Å². The lowest BCUT2D eigenvalue weighted by Gasteiger charge is -2.35. The molecule has 1 heterocycles. The van der Waals surface area contributed by atoms with Gasteiger partial charge in [-0.3, -0.25) is 0 Å². The fourth-order valence-electron chi connectivity index (χ4n) is 2.20. The molecule has 1 aliphatic rings. The second-order valence-electron chi connectivity index (χ2n) is 6.02. The van der Waals surface area contributed by atoms with Crippen LogP contribution in [0.4, 0.5) is 0 Å². The highest BCUT2D eigenvalue weighted by molar-refractivity contribution is 7.86. The fraction of sp³-hybridized carbons (Fsp3) is 1.00. The van der Waals surface area contributed by atoms with Gasteiger partial charge < -0.3 is 5.32 Å². The highest BCUT2D eigenvalue weighted by Gasteiger charge is 2.31. The van der Waals surface area contributed by atoms with E-state index in [0.717, 1.165) is 19.4 Å². The van der Waals surface area contributed by atoms with Crippen LogP contribution >= 0.6 is 0 Å². The van der Waals surface area contributed by atoms with Gasteiger partial charge in [0.05, 0.1) is 0 Å². The molecule has 0 amide bonds. The number of piperidine rings is 1. The molecule has 0 unspecified atom stereocenters. The molecule has 114 valence electrons. The van der Waals surface area contributed by atoms with E-state index in [-0.39, 0.29) is 6.04 Å². The molecule has 1 fully saturated rings. The van der Waals surface area contributed by atoms with E-state index < -0.39 is 10.2 Å². The van der Waals surface area contributed by atoms with Crippen LogP contribution in [0.25, 0.3) is 0 Å². The van der Waals surface area contributed by atoms with Gasteiger partial charge in [-0.2, -0.15) is 17.0 Å². The molecule has 0 aromatic carbocycles. The number of hydrogen-bond acceptors (Lipinski definition) is 3. The highest BCUT2D eigenvalue weighted by atomic mass is 32.2. The van der Waals surface area contributed by atoms with E-state index in [1.807, 2.05) is 13.8 Å². The molecule has 0 radical (unpaired) electrons. The van der Waals surface area contributed by atoms with Gasteiger partial charge in [-0.25, -0.2) is 0 Å². The van der Waals surface area contributed by atoms with Crippen LogP contribution in [-0.2, 0) is 10.2 Å². The van der Waals surface area contributed by atoms with Crippen LogP contribution < -0.4 is 5.32 Å². The smallest absolute Gasteiger partial charge is 0.281 e. The molecule has 1 rings (SSSR count). The summed E-state index contributed by atoms with van der Waals surface area (Å²) in [7, 11) is -1.61. The molecule has 0 spiro atoms. The Labute approximate surface area is 118 Å². The summed E-state index contributed by atoms with van der Waals surface area (Å²) < 4.78 is 27.8. The first-order chi connectivity index (χ1) is 8.75. The second kappa shape index (κ2) is 7.02. The van der Waals surface area contributed by atoms with Crippen molar-refractivity contribution in [2.75, 3.05) is 26.7 Å². The maximum atomic E-state index is 12.3. The molecule has 0 aromatic rings. The van der Waals surface area contributed by atoms with E-state index in [1.165, 1.54) is 4.31 Å². The van der Waals surface area contributed by atoms with E-state index in [0.29, 0.717) is 25.0 Å². The molecule has 0 bridgehead atoms. The fourth-order valence-corrected chi connectivity index (χ4v) is 3.76. The summed E-state index contributed by atoms with van der Waals surface area (Å²) in [5.74, 6) is 0.596. The Balaban J connectivity index is 2.49. The molecule has 5 nitrogen and oxygen atoms in total. The van der Waals surface area contributed by atoms with Crippen LogP contribution in [0.3, 0.4) is 0 Å². The lowest BCUT2D eigenvalue weighted by Crippen LogP contribution is -2.48. The number of nitrogens with zero attached hydrogens (tertiary/aromatic N) is 2. The zero-order valence-corrected chi connectivity index (χ0v) is 13.7. The summed E-state index contributed by atoms with van der Waals surface area (Å²) in [6.45, 7) is 10.3. The Kier molecular flexibility index (Phi) is 6.23. The molecular weight excluding hydrogens is 262 g/mol. The minimum atomic E-state index is -3.27. The predicted molar refractivity (Wildman–Crippen MR) is 79.3 cm³/mol. The average Bonchev–Trinajstić information content (AvgIpc) is 2.35. The van der Waals surface area contributed by atoms with Gasteiger partial charge in [-0.1, -0.05) is 13.8 Å². The maximum Gasteiger partial charge on any atom is 0.281 e. The standard InChI is InChI=1S/C13H29N3O2S/c1-11(2)14-10-13-6-8-16(9-7-13)19(17,18)15(5)12(3)4/h11-14H,6-10H2,1-5H3. The molecule has 0 aromatic heterocycles. The first-order valence-electron chi connectivity index (χ1n) is 7.21. The van der Waals surface area contributed by atoms with Crippen molar-refractivity contribution in [2.45, 2.75) is 52.6 Å². The van der Waals surface area contributed by atoms with Crippen molar-refractivity contribution < 1.29 is 8.42 Å². The van der Waals surface area contributed by atoms with Gasteiger partial charge in [0.1, 0.15) is 0 Å². The Hall–Kier alpha value is -0.170. The predicted octanol–water partition coefficient (Wildman–Crippen LogP) is 1.28. The third-order valence-electron chi connectivity index (χ3n) is 3.81. The van der Waals surface area contributed by atoms with E-state index in [2.05, 4.69) is 19.2 Å². The van der Waals surface area contributed by atoms with Crippen LogP contribution in [-0.4, -0.2) is 55.8 Å². The van der Waals surface area contributed by atoms with Crippen molar-refractivity contribution >= 4 is 10.2 Å². The number of rotatable bonds is 6. The van der Waals surface area contributed by atoms with Crippen LogP contribution in [0.5, 0.6) is 0 Å². The molecule has 6 heteroatoms. The first kappa shape index (κ1) is 16.9. The minimum Gasteiger partial charge on any atom is -0.314 e. The SMILES string of the molecule is CC(C)NCC1CCN(S(=O)(=O)N(C)C(C)C)CC1. The van der Waals surface area contributed by atoms with Gasteiger partial charge >= 0.3 is 0 Å². The Morgan fingerprint density at radius 3 is 2.16 bits per heavy atom. The molecular formula is C13H29N3O2S. The Morgan fingerprint density at radius 1 is 1.21 bits per heavy atom. The van der Waals surface area contributed by atoms with E-state index in [9.17, 15) is 8.42 Å². The van der Waals surface area contributed by atoms with Crippen LogP contribution in [0, 0.1) is 5.92 Å². The molecule has 1 N–H and O–H groups in total. The maximum absolute atomic E-state index is 12.3. The Bertz CT molecular complexity index is 360. The van der Waals surface area contributed by atoms with Gasteiger partial charge in [0.2, 0.25) is 0 Å². The molecule has 0 saturated carbocycles. The first-order valence-corrected chi connectivity index (χ1v) is 8.61. The van der Waals surface area contributed by atoms with Crippen molar-refractivity contribution in [3.63, 3.8) is 0 Å². The summed E-state index contributed by atoms with van der Waals surface area (Å²) in [5, 5.41) is 3.43.